The molecule has 3 nitrogen and oxygen atoms in total. The molecule has 3 aromatic rings. The maximum Gasteiger partial charge on any atom is 0.256 e. The number of aromatic nitrogens is 1. The Bertz CT molecular complexity index is 965. The van der Waals surface area contributed by atoms with Crippen LogP contribution in [0.5, 0.6) is 0 Å². The van der Waals surface area contributed by atoms with Crippen molar-refractivity contribution in [2.75, 3.05) is 20.1 Å². The van der Waals surface area contributed by atoms with Gasteiger partial charge in [-0.2, -0.15) is 0 Å². The van der Waals surface area contributed by atoms with Gasteiger partial charge in [0.05, 0.1) is 0 Å². The first-order valence-electron chi connectivity index (χ1n) is 9.04. The first-order chi connectivity index (χ1) is 12.1. The third-order valence-electron chi connectivity index (χ3n) is 5.50. The van der Waals surface area contributed by atoms with Gasteiger partial charge in [0.1, 0.15) is 0 Å². The fourth-order valence-corrected chi connectivity index (χ4v) is 4.04. The molecule has 128 valence electrons. The lowest BCUT2D eigenvalue weighted by molar-refractivity contribution is 0.253. The fraction of sp³-hybridized carbons (Fsp3) is 0.318. The molecule has 1 aromatic heterocycles. The van der Waals surface area contributed by atoms with Crippen LogP contribution in [0.2, 0.25) is 0 Å². The lowest BCUT2D eigenvalue weighted by Gasteiger charge is -2.30. The number of H-pyrrole nitrogens is 1. The number of likely N-dealkylation sites (tertiary alicyclic amines) is 1. The number of rotatable bonds is 2. The summed E-state index contributed by atoms with van der Waals surface area (Å²) in [7, 11) is 2.17. The van der Waals surface area contributed by atoms with Gasteiger partial charge >= 0.3 is 0 Å². The quantitative estimate of drug-likeness (QED) is 0.759. The van der Waals surface area contributed by atoms with E-state index in [0.717, 1.165) is 42.4 Å². The highest BCUT2D eigenvalue weighted by Gasteiger charge is 2.24. The van der Waals surface area contributed by atoms with Gasteiger partial charge in [-0.3, -0.25) is 4.79 Å². The Kier molecular flexibility index (Phi) is 4.18. The van der Waals surface area contributed by atoms with E-state index in [1.807, 2.05) is 18.2 Å². The highest BCUT2D eigenvalue weighted by Crippen LogP contribution is 2.38. The van der Waals surface area contributed by atoms with Crippen molar-refractivity contribution in [3.63, 3.8) is 0 Å². The Morgan fingerprint density at radius 2 is 1.60 bits per heavy atom. The summed E-state index contributed by atoms with van der Waals surface area (Å²) in [6.45, 7) is 4.30. The van der Waals surface area contributed by atoms with Crippen molar-refractivity contribution in [3.05, 3.63) is 70.1 Å². The molecule has 4 rings (SSSR count). The van der Waals surface area contributed by atoms with Crippen LogP contribution in [0.4, 0.5) is 0 Å². The predicted octanol–water partition coefficient (Wildman–Crippen LogP) is 4.31. The molecule has 0 spiro atoms. The minimum absolute atomic E-state index is 0.0295. The Labute approximate surface area is 148 Å². The molecule has 0 atom stereocenters. The number of hydrogen-bond acceptors (Lipinski definition) is 2. The minimum atomic E-state index is 0.0295. The monoisotopic (exact) mass is 332 g/mol. The molecular formula is C22H24N2O. The van der Waals surface area contributed by atoms with Crippen LogP contribution in [-0.4, -0.2) is 30.0 Å². The van der Waals surface area contributed by atoms with Crippen LogP contribution >= 0.6 is 0 Å². The molecule has 1 N–H and O–H groups in total. The molecule has 3 heteroatoms. The third-order valence-corrected chi connectivity index (χ3v) is 5.50. The number of nitrogens with zero attached hydrogens (tertiary/aromatic N) is 1. The number of pyridine rings is 1. The van der Waals surface area contributed by atoms with E-state index in [2.05, 4.69) is 54.2 Å². The largest absolute Gasteiger partial charge is 0.325 e. The maximum absolute atomic E-state index is 12.7. The summed E-state index contributed by atoms with van der Waals surface area (Å²) in [5, 5.41) is 1.84. The molecule has 1 fully saturated rings. The summed E-state index contributed by atoms with van der Waals surface area (Å²) in [6, 6.07) is 16.5. The van der Waals surface area contributed by atoms with Gasteiger partial charge in [-0.15, -0.1) is 0 Å². The van der Waals surface area contributed by atoms with Crippen molar-refractivity contribution in [1.29, 1.82) is 0 Å². The van der Waals surface area contributed by atoms with Crippen molar-refractivity contribution in [2.45, 2.75) is 25.7 Å². The van der Waals surface area contributed by atoms with Crippen LogP contribution in [0.15, 0.2) is 53.3 Å². The van der Waals surface area contributed by atoms with Crippen molar-refractivity contribution in [2.24, 2.45) is 0 Å². The van der Waals surface area contributed by atoms with E-state index in [9.17, 15) is 4.79 Å². The summed E-state index contributed by atoms with van der Waals surface area (Å²) in [5.41, 5.74) is 4.83. The third kappa shape index (κ3) is 2.89. The average molecular weight is 332 g/mol. The number of benzene rings is 2. The van der Waals surface area contributed by atoms with Crippen LogP contribution in [0.25, 0.3) is 21.9 Å². The van der Waals surface area contributed by atoms with Gasteiger partial charge < -0.3 is 9.88 Å². The lowest BCUT2D eigenvalue weighted by atomic mass is 9.85. The van der Waals surface area contributed by atoms with Gasteiger partial charge in [-0.25, -0.2) is 0 Å². The average Bonchev–Trinajstić information content (AvgIpc) is 2.63. The second-order valence-corrected chi connectivity index (χ2v) is 7.18. The molecule has 0 aliphatic carbocycles. The van der Waals surface area contributed by atoms with Crippen LogP contribution in [0, 0.1) is 6.92 Å². The first kappa shape index (κ1) is 16.1. The van der Waals surface area contributed by atoms with Gasteiger partial charge in [0.2, 0.25) is 0 Å². The molecule has 1 aliphatic rings. The lowest BCUT2D eigenvalue weighted by Crippen LogP contribution is -2.30. The zero-order chi connectivity index (χ0) is 17.4. The molecular weight excluding hydrogens is 308 g/mol. The molecule has 2 heterocycles. The molecule has 1 aliphatic heterocycles. The molecule has 0 unspecified atom stereocenters. The van der Waals surface area contributed by atoms with Gasteiger partial charge in [0.25, 0.3) is 5.56 Å². The fourth-order valence-electron chi connectivity index (χ4n) is 4.04. The number of hydrogen-bond donors (Lipinski definition) is 1. The van der Waals surface area contributed by atoms with Gasteiger partial charge in [0, 0.05) is 22.6 Å². The smallest absolute Gasteiger partial charge is 0.256 e. The van der Waals surface area contributed by atoms with Gasteiger partial charge in [-0.1, -0.05) is 42.5 Å². The number of fused-ring (bicyclic) bond motifs is 1. The summed E-state index contributed by atoms with van der Waals surface area (Å²) in [5.74, 6) is 0.406. The first-order valence-corrected chi connectivity index (χ1v) is 9.04. The molecule has 25 heavy (non-hydrogen) atoms. The maximum atomic E-state index is 12.7. The number of piperidine rings is 1. The SMILES string of the molecule is Cc1ccccc1-c1c(C2CCN(C)CC2)[nH]c(=O)c2ccccc12. The molecule has 0 amide bonds. The zero-order valence-corrected chi connectivity index (χ0v) is 14.9. The van der Waals surface area contributed by atoms with Crippen LogP contribution < -0.4 is 5.56 Å². The second kappa shape index (κ2) is 6.49. The summed E-state index contributed by atoms with van der Waals surface area (Å²) in [4.78, 5) is 18.3. The van der Waals surface area contributed by atoms with E-state index in [-0.39, 0.29) is 5.56 Å². The topological polar surface area (TPSA) is 36.1 Å². The Hall–Kier alpha value is -2.39. The summed E-state index contributed by atoms with van der Waals surface area (Å²) < 4.78 is 0. The highest BCUT2D eigenvalue weighted by atomic mass is 16.1. The van der Waals surface area contributed by atoms with Crippen molar-refractivity contribution >= 4 is 10.8 Å². The molecule has 0 saturated carbocycles. The second-order valence-electron chi connectivity index (χ2n) is 7.18. The molecule has 2 aromatic carbocycles. The Morgan fingerprint density at radius 1 is 0.960 bits per heavy atom. The number of nitrogens with one attached hydrogen (secondary N) is 1. The van der Waals surface area contributed by atoms with E-state index < -0.39 is 0 Å². The van der Waals surface area contributed by atoms with Crippen molar-refractivity contribution < 1.29 is 0 Å². The normalized spacial score (nSPS) is 16.4. The minimum Gasteiger partial charge on any atom is -0.325 e. The zero-order valence-electron chi connectivity index (χ0n) is 14.9. The van der Waals surface area contributed by atoms with Crippen LogP contribution in [0.3, 0.4) is 0 Å². The number of aromatic amines is 1. The molecule has 0 radical (unpaired) electrons. The van der Waals surface area contributed by atoms with E-state index in [1.54, 1.807) is 0 Å². The summed E-state index contributed by atoms with van der Waals surface area (Å²) >= 11 is 0. The highest BCUT2D eigenvalue weighted by molar-refractivity contribution is 5.98. The van der Waals surface area contributed by atoms with E-state index >= 15 is 0 Å². The Balaban J connectivity index is 2.00. The van der Waals surface area contributed by atoms with Crippen molar-refractivity contribution in [3.8, 4) is 11.1 Å². The van der Waals surface area contributed by atoms with E-state index in [4.69, 9.17) is 0 Å². The van der Waals surface area contributed by atoms with E-state index in [0.29, 0.717) is 5.92 Å². The van der Waals surface area contributed by atoms with Crippen LogP contribution in [0.1, 0.15) is 30.0 Å². The Morgan fingerprint density at radius 3 is 2.32 bits per heavy atom. The number of aryl methyl sites for hydroxylation is 1. The van der Waals surface area contributed by atoms with Crippen molar-refractivity contribution in [1.82, 2.24) is 9.88 Å². The molecule has 1 saturated heterocycles. The van der Waals surface area contributed by atoms with Gasteiger partial charge in [-0.05, 0) is 62.5 Å². The van der Waals surface area contributed by atoms with Gasteiger partial charge in [0.15, 0.2) is 0 Å². The van der Waals surface area contributed by atoms with Crippen LogP contribution in [-0.2, 0) is 0 Å². The standard InChI is InChI=1S/C22H24N2O/c1-15-7-3-4-8-17(15)20-18-9-5-6-10-19(18)22(25)23-21(20)16-11-13-24(2)14-12-16/h3-10,16H,11-14H2,1-2H3,(H,23,25). The predicted molar refractivity (Wildman–Crippen MR) is 104 cm³/mol. The molecule has 0 bridgehead atoms. The van der Waals surface area contributed by atoms with E-state index in [1.165, 1.54) is 16.7 Å². The summed E-state index contributed by atoms with van der Waals surface area (Å²) in [6.07, 6.45) is 2.17.